The molecule has 6 nitrogen and oxygen atoms in total. The van der Waals surface area contributed by atoms with Gasteiger partial charge in [0, 0.05) is 5.41 Å². The molecule has 4 aromatic carbocycles. The summed E-state index contributed by atoms with van der Waals surface area (Å²) in [5, 5.41) is 18.0. The second-order valence-electron chi connectivity index (χ2n) is 13.6. The van der Waals surface area contributed by atoms with Crippen LogP contribution in [0.3, 0.4) is 0 Å². The minimum atomic E-state index is 0.00395. The lowest BCUT2D eigenvalue weighted by Crippen LogP contribution is -2.26. The first kappa shape index (κ1) is 31.3. The fourth-order valence-corrected chi connectivity index (χ4v) is 7.92. The van der Waals surface area contributed by atoms with Gasteiger partial charge in [-0.15, -0.1) is 10.2 Å². The highest BCUT2D eigenvalue weighted by Crippen LogP contribution is 2.54. The van der Waals surface area contributed by atoms with Crippen molar-refractivity contribution >= 4 is 22.1 Å². The highest BCUT2D eigenvalue weighted by molar-refractivity contribution is 5.82. The number of hydrogen-bond donors (Lipinski definition) is 0. The largest absolute Gasteiger partial charge is 0.240 e. The van der Waals surface area contributed by atoms with Crippen LogP contribution in [0.4, 0.5) is 0 Å². The Kier molecular flexibility index (Phi) is 9.46. The summed E-state index contributed by atoms with van der Waals surface area (Å²) in [7, 11) is 0. The van der Waals surface area contributed by atoms with Gasteiger partial charge in [0.15, 0.2) is 0 Å². The predicted molar refractivity (Wildman–Crippen MR) is 193 cm³/mol. The van der Waals surface area contributed by atoms with Crippen LogP contribution in [0.15, 0.2) is 84.9 Å². The Bertz CT molecular complexity index is 1810. The molecule has 47 heavy (non-hydrogen) atoms. The lowest BCUT2D eigenvalue weighted by molar-refractivity contribution is 0.398. The summed E-state index contributed by atoms with van der Waals surface area (Å²) in [5.74, 6) is 0. The van der Waals surface area contributed by atoms with Gasteiger partial charge in [-0.1, -0.05) is 149 Å². The monoisotopic (exact) mass is 624 g/mol. The zero-order valence-electron chi connectivity index (χ0n) is 28.2. The van der Waals surface area contributed by atoms with Crippen LogP contribution < -0.4 is 0 Å². The van der Waals surface area contributed by atoms with Crippen molar-refractivity contribution < 1.29 is 0 Å². The highest BCUT2D eigenvalue weighted by Gasteiger charge is 2.42. The second-order valence-corrected chi connectivity index (χ2v) is 13.6. The van der Waals surface area contributed by atoms with Crippen LogP contribution in [-0.4, -0.2) is 30.0 Å². The molecular weight excluding hydrogens is 576 g/mol. The van der Waals surface area contributed by atoms with Gasteiger partial charge in [-0.3, -0.25) is 0 Å². The van der Waals surface area contributed by atoms with E-state index in [1.165, 1.54) is 110 Å². The summed E-state index contributed by atoms with van der Waals surface area (Å²) < 4.78 is 4.10. The fraction of sp³-hybridized carbons (Fsp3) is 0.415. The fourth-order valence-electron chi connectivity index (χ4n) is 7.92. The first-order valence-electron chi connectivity index (χ1n) is 18.0. The number of unbranched alkanes of at least 4 members (excludes halogenated alkanes) is 8. The van der Waals surface area contributed by atoms with Gasteiger partial charge in [0.25, 0.3) is 0 Å². The standard InChI is InChI=1S/C41H48N6/c1-3-5-7-9-15-25-41(26-16-10-8-6-4-2)35-27-31(29-46-39-19-13-11-17-37(39)42-44-46)21-23-33(35)34-24-22-32(28-36(34)41)30-47-40-20-14-12-18-38(40)43-45-47/h11-14,17-24,27-28H,3-10,15-16,25-26,29-30H2,1-2H3. The molecule has 6 heteroatoms. The summed E-state index contributed by atoms with van der Waals surface area (Å²) in [4.78, 5) is 0. The lowest BCUT2D eigenvalue weighted by Gasteiger charge is -2.33. The van der Waals surface area contributed by atoms with Crippen molar-refractivity contribution in [1.82, 2.24) is 30.0 Å². The zero-order chi connectivity index (χ0) is 32.1. The van der Waals surface area contributed by atoms with E-state index in [4.69, 9.17) is 0 Å². The minimum Gasteiger partial charge on any atom is -0.240 e. The smallest absolute Gasteiger partial charge is 0.113 e. The van der Waals surface area contributed by atoms with E-state index in [1.807, 2.05) is 24.3 Å². The lowest BCUT2D eigenvalue weighted by atomic mass is 9.70. The molecule has 0 radical (unpaired) electrons. The normalized spacial score (nSPS) is 13.4. The van der Waals surface area contributed by atoms with Gasteiger partial charge in [0.1, 0.15) is 11.0 Å². The Balaban J connectivity index is 1.28. The molecule has 1 aliphatic carbocycles. The maximum atomic E-state index is 4.54. The van der Waals surface area contributed by atoms with Gasteiger partial charge in [0.05, 0.1) is 24.1 Å². The number of nitrogens with zero attached hydrogens (tertiary/aromatic N) is 6. The molecule has 0 spiro atoms. The van der Waals surface area contributed by atoms with Crippen molar-refractivity contribution in [3.05, 3.63) is 107 Å². The average Bonchev–Trinajstić information content (AvgIpc) is 3.78. The van der Waals surface area contributed by atoms with E-state index in [-0.39, 0.29) is 5.41 Å². The average molecular weight is 625 g/mol. The first-order chi connectivity index (χ1) is 23.2. The van der Waals surface area contributed by atoms with E-state index >= 15 is 0 Å². The first-order valence-corrected chi connectivity index (χ1v) is 18.0. The van der Waals surface area contributed by atoms with Crippen LogP contribution in [0.5, 0.6) is 0 Å². The van der Waals surface area contributed by atoms with Gasteiger partial charge in [-0.05, 0) is 70.5 Å². The van der Waals surface area contributed by atoms with Crippen molar-refractivity contribution in [1.29, 1.82) is 0 Å². The summed E-state index contributed by atoms with van der Waals surface area (Å²) in [6.07, 6.45) is 15.3. The third kappa shape index (κ3) is 6.35. The van der Waals surface area contributed by atoms with E-state index in [0.29, 0.717) is 0 Å². The van der Waals surface area contributed by atoms with E-state index < -0.39 is 0 Å². The zero-order valence-corrected chi connectivity index (χ0v) is 28.2. The molecule has 0 saturated heterocycles. The van der Waals surface area contributed by atoms with Gasteiger partial charge in [-0.25, -0.2) is 9.36 Å². The van der Waals surface area contributed by atoms with Crippen molar-refractivity contribution in [2.75, 3.05) is 0 Å². The molecular formula is C41H48N6. The molecule has 0 amide bonds. The summed E-state index contributed by atoms with van der Waals surface area (Å²) in [6, 6.07) is 31.0. The molecule has 2 aromatic heterocycles. The van der Waals surface area contributed by atoms with Crippen LogP contribution in [0, 0.1) is 0 Å². The van der Waals surface area contributed by atoms with Crippen LogP contribution >= 0.6 is 0 Å². The Hall–Kier alpha value is -4.32. The number of para-hydroxylation sites is 2. The summed E-state index contributed by atoms with van der Waals surface area (Å²) >= 11 is 0. The third-order valence-electron chi connectivity index (χ3n) is 10.4. The number of hydrogen-bond acceptors (Lipinski definition) is 4. The van der Waals surface area contributed by atoms with Crippen molar-refractivity contribution in [3.8, 4) is 11.1 Å². The summed E-state index contributed by atoms with van der Waals surface area (Å²) in [6.45, 7) is 6.05. The van der Waals surface area contributed by atoms with Gasteiger partial charge < -0.3 is 0 Å². The van der Waals surface area contributed by atoms with Crippen LogP contribution in [0.1, 0.15) is 113 Å². The molecule has 0 bridgehead atoms. The number of fused-ring (bicyclic) bond motifs is 5. The van der Waals surface area contributed by atoms with E-state index in [9.17, 15) is 0 Å². The topological polar surface area (TPSA) is 61.4 Å². The molecule has 6 aromatic rings. The Morgan fingerprint density at radius 3 is 1.43 bits per heavy atom. The van der Waals surface area contributed by atoms with Crippen molar-refractivity contribution in [3.63, 3.8) is 0 Å². The molecule has 0 saturated carbocycles. The maximum absolute atomic E-state index is 4.54. The number of rotatable bonds is 16. The highest BCUT2D eigenvalue weighted by atomic mass is 15.4. The van der Waals surface area contributed by atoms with Gasteiger partial charge in [-0.2, -0.15) is 0 Å². The molecule has 0 unspecified atom stereocenters. The molecule has 0 N–H and O–H groups in total. The molecule has 242 valence electrons. The van der Waals surface area contributed by atoms with Crippen molar-refractivity contribution in [2.24, 2.45) is 0 Å². The molecule has 1 aliphatic rings. The Morgan fingerprint density at radius 1 is 0.511 bits per heavy atom. The molecule has 0 aliphatic heterocycles. The van der Waals surface area contributed by atoms with Gasteiger partial charge >= 0.3 is 0 Å². The van der Waals surface area contributed by atoms with E-state index in [2.05, 4.69) is 104 Å². The molecule has 7 rings (SSSR count). The molecule has 0 atom stereocenters. The second kappa shape index (κ2) is 14.2. The Morgan fingerprint density at radius 2 is 0.957 bits per heavy atom. The minimum absolute atomic E-state index is 0.00395. The van der Waals surface area contributed by atoms with Crippen LogP contribution in [-0.2, 0) is 18.5 Å². The molecule has 0 fully saturated rings. The Labute approximate surface area is 279 Å². The quantitative estimate of drug-likeness (QED) is 0.101. The predicted octanol–water partition coefficient (Wildman–Crippen LogP) is 10.3. The summed E-state index contributed by atoms with van der Waals surface area (Å²) in [5.41, 5.74) is 12.5. The molecule has 2 heterocycles. The van der Waals surface area contributed by atoms with Crippen molar-refractivity contribution in [2.45, 2.75) is 109 Å². The number of aromatic nitrogens is 6. The van der Waals surface area contributed by atoms with E-state index in [1.54, 1.807) is 0 Å². The SMILES string of the molecule is CCCCCCCC1(CCCCCCC)c2cc(Cn3nnc4ccccc43)ccc2-c2ccc(Cn3nnc4ccccc43)cc21. The number of benzene rings is 4. The van der Waals surface area contributed by atoms with Gasteiger partial charge in [0.2, 0.25) is 0 Å². The maximum Gasteiger partial charge on any atom is 0.113 e. The van der Waals surface area contributed by atoms with E-state index in [0.717, 1.165) is 35.2 Å². The third-order valence-corrected chi connectivity index (χ3v) is 10.4. The van der Waals surface area contributed by atoms with Crippen LogP contribution in [0.25, 0.3) is 33.2 Å². The van der Waals surface area contributed by atoms with Crippen LogP contribution in [0.2, 0.25) is 0 Å².